The van der Waals surface area contributed by atoms with Gasteiger partial charge in [0.1, 0.15) is 18.1 Å². The molecule has 178 valence electrons. The van der Waals surface area contributed by atoms with Gasteiger partial charge in [0.15, 0.2) is 5.43 Å². The Hall–Kier alpha value is -3.12. The number of rotatable bonds is 8. The van der Waals surface area contributed by atoms with Crippen LogP contribution < -0.4 is 16.5 Å². The summed E-state index contributed by atoms with van der Waals surface area (Å²) in [6.45, 7) is 7.21. The van der Waals surface area contributed by atoms with E-state index < -0.39 is 31.3 Å². The van der Waals surface area contributed by atoms with Crippen molar-refractivity contribution in [3.8, 4) is 0 Å². The van der Waals surface area contributed by atoms with Crippen LogP contribution in [0, 0.1) is 0 Å². The van der Waals surface area contributed by atoms with Crippen LogP contribution in [0.5, 0.6) is 0 Å². The summed E-state index contributed by atoms with van der Waals surface area (Å²) >= 11 is 0. The van der Waals surface area contributed by atoms with Crippen LogP contribution in [0.3, 0.4) is 0 Å². The van der Waals surface area contributed by atoms with Gasteiger partial charge in [-0.15, -0.1) is 0 Å². The highest BCUT2D eigenvalue weighted by Gasteiger charge is 2.34. The largest absolute Gasteiger partial charge is 0.431 e. The molecule has 0 saturated heterocycles. The molecule has 0 aliphatic rings. The first-order valence-electron chi connectivity index (χ1n) is 10.2. The zero-order chi connectivity index (χ0) is 24.6. The van der Waals surface area contributed by atoms with Crippen molar-refractivity contribution in [3.63, 3.8) is 0 Å². The number of halogens is 3. The lowest BCUT2D eigenvalue weighted by molar-refractivity contribution is -0.143. The van der Waals surface area contributed by atoms with Crippen LogP contribution in [0.15, 0.2) is 35.3 Å². The molecule has 8 nitrogen and oxygen atoms in total. The van der Waals surface area contributed by atoms with Crippen LogP contribution in [0.4, 0.5) is 24.8 Å². The molecule has 0 radical (unpaired) electrons. The zero-order valence-corrected chi connectivity index (χ0v) is 19.8. The van der Waals surface area contributed by atoms with Gasteiger partial charge < -0.3 is 20.4 Å². The van der Waals surface area contributed by atoms with E-state index in [4.69, 9.17) is 10.5 Å². The van der Waals surface area contributed by atoms with E-state index in [9.17, 15) is 22.8 Å². The molecule has 3 aromatic rings. The lowest BCUT2D eigenvalue weighted by atomic mass is 10.1. The smallest absolute Gasteiger partial charge is 0.364 e. The number of carbonyl (C=O) groups is 1. The van der Waals surface area contributed by atoms with Gasteiger partial charge in [-0.05, 0) is 24.2 Å². The number of nitrogens with zero attached hydrogens (tertiary/aromatic N) is 3. The van der Waals surface area contributed by atoms with E-state index in [1.54, 1.807) is 0 Å². The first-order valence-corrected chi connectivity index (χ1v) is 13.9. The summed E-state index contributed by atoms with van der Waals surface area (Å²) in [7, 11) is -0.0492. The number of amides is 1. The van der Waals surface area contributed by atoms with Gasteiger partial charge in [0.25, 0.3) is 5.91 Å². The van der Waals surface area contributed by atoms with Gasteiger partial charge in [-0.1, -0.05) is 19.6 Å². The first kappa shape index (κ1) is 24.5. The number of nitrogens with one attached hydrogen (secondary N) is 1. The maximum Gasteiger partial charge on any atom is 0.431 e. The second-order valence-corrected chi connectivity index (χ2v) is 14.5. The number of aromatic nitrogens is 3. The fraction of sp³-hybridized carbons (Fsp3) is 0.381. The zero-order valence-electron chi connectivity index (χ0n) is 18.8. The van der Waals surface area contributed by atoms with Crippen LogP contribution in [0.25, 0.3) is 10.9 Å². The van der Waals surface area contributed by atoms with Crippen LogP contribution in [0.2, 0.25) is 25.7 Å². The third kappa shape index (κ3) is 5.63. The molecule has 3 rings (SSSR count). The second-order valence-electron chi connectivity index (χ2n) is 8.91. The number of aryl methyl sites for hydroxylation is 1. The standard InChI is InChI=1S/C21H26F3N5O3Si/c1-28-15-6-5-13(9-14(15)17(30)10-18(28)21(22,23)24)27-20-26-11-16(19(25)31)29(20)12-32-7-8-33(2,3)4/h5-6,9-11H,7-8,12H2,1-4H3,(H2,25,31)(H,26,27). The van der Waals surface area contributed by atoms with Gasteiger partial charge in [0, 0.05) is 38.9 Å². The Morgan fingerprint density at radius 3 is 2.55 bits per heavy atom. The number of primary amides is 1. The highest BCUT2D eigenvalue weighted by atomic mass is 28.3. The minimum Gasteiger partial charge on any atom is -0.364 e. The number of alkyl halides is 3. The minimum absolute atomic E-state index is 0.0371. The maximum absolute atomic E-state index is 13.2. The molecule has 0 aliphatic heterocycles. The number of fused-ring (bicyclic) bond motifs is 1. The van der Waals surface area contributed by atoms with E-state index >= 15 is 0 Å². The van der Waals surface area contributed by atoms with Crippen molar-refractivity contribution in [2.45, 2.75) is 38.6 Å². The van der Waals surface area contributed by atoms with E-state index in [1.807, 2.05) is 0 Å². The van der Waals surface area contributed by atoms with Crippen molar-refractivity contribution in [2.24, 2.45) is 12.8 Å². The SMILES string of the molecule is Cn1c(C(F)(F)F)cc(=O)c2cc(Nc3ncc(C(N)=O)n3COCC[Si](C)(C)C)ccc21. The molecular weight excluding hydrogens is 455 g/mol. The Kier molecular flexibility index (Phi) is 6.70. The molecule has 2 heterocycles. The average molecular weight is 482 g/mol. The van der Waals surface area contributed by atoms with Gasteiger partial charge in [-0.3, -0.25) is 14.2 Å². The van der Waals surface area contributed by atoms with Gasteiger partial charge in [0.05, 0.1) is 11.7 Å². The second kappa shape index (κ2) is 9.02. The molecule has 3 N–H and O–H groups in total. The predicted molar refractivity (Wildman–Crippen MR) is 122 cm³/mol. The predicted octanol–water partition coefficient (Wildman–Crippen LogP) is 3.91. The number of nitrogens with two attached hydrogens (primary N) is 1. The fourth-order valence-electron chi connectivity index (χ4n) is 3.27. The normalized spacial score (nSPS) is 12.3. The third-order valence-corrected chi connectivity index (χ3v) is 6.83. The van der Waals surface area contributed by atoms with E-state index in [2.05, 4.69) is 29.9 Å². The van der Waals surface area contributed by atoms with E-state index in [0.717, 1.165) is 10.6 Å². The van der Waals surface area contributed by atoms with Gasteiger partial charge in [-0.2, -0.15) is 13.2 Å². The summed E-state index contributed by atoms with van der Waals surface area (Å²) in [5, 5.41) is 3.10. The third-order valence-electron chi connectivity index (χ3n) is 5.12. The average Bonchev–Trinajstić information content (AvgIpc) is 3.09. The fourth-order valence-corrected chi connectivity index (χ4v) is 4.03. The van der Waals surface area contributed by atoms with Crippen molar-refractivity contribution in [2.75, 3.05) is 11.9 Å². The quantitative estimate of drug-likeness (QED) is 0.375. The van der Waals surface area contributed by atoms with Crippen LogP contribution in [-0.4, -0.2) is 34.7 Å². The molecule has 0 aliphatic carbocycles. The first-order chi connectivity index (χ1) is 15.3. The lowest BCUT2D eigenvalue weighted by Crippen LogP contribution is -2.23. The highest BCUT2D eigenvalue weighted by molar-refractivity contribution is 6.76. The maximum atomic E-state index is 13.2. The number of benzene rings is 1. The number of pyridine rings is 1. The molecule has 0 bridgehead atoms. The summed E-state index contributed by atoms with van der Waals surface area (Å²) in [5.41, 5.74) is 4.34. The van der Waals surface area contributed by atoms with E-state index in [-0.39, 0.29) is 29.3 Å². The number of imidazole rings is 1. The van der Waals surface area contributed by atoms with E-state index in [0.29, 0.717) is 18.4 Å². The molecule has 1 amide bonds. The number of carbonyl (C=O) groups excluding carboxylic acids is 1. The molecule has 2 aromatic heterocycles. The number of hydrogen-bond donors (Lipinski definition) is 2. The molecule has 0 unspecified atom stereocenters. The van der Waals surface area contributed by atoms with Gasteiger partial charge in [0.2, 0.25) is 5.95 Å². The van der Waals surface area contributed by atoms with Crippen LogP contribution >= 0.6 is 0 Å². The summed E-state index contributed by atoms with van der Waals surface area (Å²) in [6, 6.07) is 5.89. The number of ether oxygens (including phenoxy) is 1. The number of anilines is 2. The molecule has 0 atom stereocenters. The van der Waals surface area contributed by atoms with E-state index in [1.165, 1.54) is 36.0 Å². The van der Waals surface area contributed by atoms with Gasteiger partial charge in [-0.25, -0.2) is 4.98 Å². The lowest BCUT2D eigenvalue weighted by Gasteiger charge is -2.17. The summed E-state index contributed by atoms with van der Waals surface area (Å²) in [4.78, 5) is 28.4. The molecular formula is C21H26F3N5O3Si. The Morgan fingerprint density at radius 1 is 1.24 bits per heavy atom. The topological polar surface area (TPSA) is 104 Å². The van der Waals surface area contributed by atoms with Crippen molar-refractivity contribution in [3.05, 3.63) is 52.1 Å². The summed E-state index contributed by atoms with van der Waals surface area (Å²) in [6.07, 6.45) is -3.34. The van der Waals surface area contributed by atoms with Crippen molar-refractivity contribution >= 4 is 36.5 Å². The van der Waals surface area contributed by atoms with Crippen LogP contribution in [-0.2, 0) is 24.7 Å². The Bertz CT molecular complexity index is 1240. The summed E-state index contributed by atoms with van der Waals surface area (Å²) < 4.78 is 47.7. The monoisotopic (exact) mass is 481 g/mol. The van der Waals surface area contributed by atoms with Gasteiger partial charge >= 0.3 is 6.18 Å². The van der Waals surface area contributed by atoms with Crippen molar-refractivity contribution in [1.82, 2.24) is 14.1 Å². The summed E-state index contributed by atoms with van der Waals surface area (Å²) in [5.74, 6) is -0.434. The number of hydrogen-bond acceptors (Lipinski definition) is 5. The minimum atomic E-state index is -4.65. The Balaban J connectivity index is 1.91. The van der Waals surface area contributed by atoms with Crippen molar-refractivity contribution < 1.29 is 22.7 Å². The molecule has 1 aromatic carbocycles. The molecule has 33 heavy (non-hydrogen) atoms. The Labute approximate surface area is 189 Å². The Morgan fingerprint density at radius 2 is 1.94 bits per heavy atom. The van der Waals surface area contributed by atoms with Crippen LogP contribution in [0.1, 0.15) is 16.2 Å². The van der Waals surface area contributed by atoms with Crippen molar-refractivity contribution in [1.29, 1.82) is 0 Å². The molecule has 12 heteroatoms. The molecule has 0 fully saturated rings. The molecule has 0 spiro atoms. The highest BCUT2D eigenvalue weighted by Crippen LogP contribution is 2.30. The molecule has 0 saturated carbocycles.